The summed E-state index contributed by atoms with van der Waals surface area (Å²) in [5, 5.41) is 0. The van der Waals surface area contributed by atoms with Crippen LogP contribution in [-0.2, 0) is 11.3 Å². The molecule has 2 fully saturated rings. The summed E-state index contributed by atoms with van der Waals surface area (Å²) in [6, 6.07) is 0. The maximum absolute atomic E-state index is 5.17. The van der Waals surface area contributed by atoms with Crippen molar-refractivity contribution in [1.82, 2.24) is 29.5 Å². The molecule has 0 aliphatic carbocycles. The third-order valence-electron chi connectivity index (χ3n) is 5.58. The normalized spacial score (nSPS) is 22.0. The highest BCUT2D eigenvalue weighted by Gasteiger charge is 2.41. The molecule has 140 valence electrons. The summed E-state index contributed by atoms with van der Waals surface area (Å²) in [6.45, 7) is 5.36. The molecule has 0 aromatic carbocycles. The molecule has 3 aromatic rings. The molecule has 3 aromatic heterocycles. The highest BCUT2D eigenvalue weighted by Crippen LogP contribution is 2.36. The van der Waals surface area contributed by atoms with Crippen molar-refractivity contribution < 1.29 is 4.74 Å². The van der Waals surface area contributed by atoms with Crippen LogP contribution in [0.2, 0.25) is 0 Å². The molecule has 9 nitrogen and oxygen atoms in total. The number of imidazole rings is 1. The lowest BCUT2D eigenvalue weighted by Gasteiger charge is -2.22. The lowest BCUT2D eigenvalue weighted by atomic mass is 10.0. The first kappa shape index (κ1) is 16.4. The first-order valence-corrected chi connectivity index (χ1v) is 9.24. The highest BCUT2D eigenvalue weighted by atomic mass is 16.5. The van der Waals surface area contributed by atoms with Crippen molar-refractivity contribution in [3.8, 4) is 0 Å². The zero-order valence-electron chi connectivity index (χ0n) is 15.3. The van der Waals surface area contributed by atoms with Gasteiger partial charge in [0, 0.05) is 64.1 Å². The van der Waals surface area contributed by atoms with E-state index in [1.54, 1.807) is 25.8 Å². The van der Waals surface area contributed by atoms with Crippen LogP contribution in [0.5, 0.6) is 0 Å². The lowest BCUT2D eigenvalue weighted by molar-refractivity contribution is 0.188. The van der Waals surface area contributed by atoms with Gasteiger partial charge in [-0.2, -0.15) is 0 Å². The lowest BCUT2D eigenvalue weighted by Crippen LogP contribution is -2.29. The van der Waals surface area contributed by atoms with E-state index in [0.717, 1.165) is 55.5 Å². The van der Waals surface area contributed by atoms with Crippen LogP contribution >= 0.6 is 0 Å². The Bertz CT molecular complexity index is 916. The van der Waals surface area contributed by atoms with Gasteiger partial charge in [0.2, 0.25) is 0 Å². The standard InChI is InChI=1S/C18H22N8O/c1-27-5-4-24-12-23-16-17(24)21-11-22-18(16)26-9-13-7-25(8-14(13)10-26)15-6-19-2-3-20-15/h2-3,6,11-14H,4-5,7-10H2,1H3. The minimum atomic E-state index is 0.604. The zero-order valence-corrected chi connectivity index (χ0v) is 15.3. The minimum absolute atomic E-state index is 0.604. The molecule has 2 saturated heterocycles. The van der Waals surface area contributed by atoms with E-state index in [0.29, 0.717) is 18.4 Å². The summed E-state index contributed by atoms with van der Waals surface area (Å²) in [6.07, 6.45) is 8.79. The van der Waals surface area contributed by atoms with Crippen LogP contribution in [0.25, 0.3) is 11.2 Å². The van der Waals surface area contributed by atoms with Gasteiger partial charge in [-0.05, 0) is 0 Å². The van der Waals surface area contributed by atoms with Gasteiger partial charge < -0.3 is 19.1 Å². The first-order valence-electron chi connectivity index (χ1n) is 9.24. The summed E-state index contributed by atoms with van der Waals surface area (Å²) < 4.78 is 7.20. The molecule has 0 amide bonds. The summed E-state index contributed by atoms with van der Waals surface area (Å²) in [5.74, 6) is 3.12. The van der Waals surface area contributed by atoms with Crippen LogP contribution < -0.4 is 9.80 Å². The summed E-state index contributed by atoms with van der Waals surface area (Å²) in [7, 11) is 1.70. The van der Waals surface area contributed by atoms with Crippen LogP contribution in [0.1, 0.15) is 0 Å². The molecule has 2 unspecified atom stereocenters. The number of fused-ring (bicyclic) bond motifs is 2. The number of hydrogen-bond acceptors (Lipinski definition) is 8. The molecule has 0 N–H and O–H groups in total. The third-order valence-corrected chi connectivity index (χ3v) is 5.58. The second kappa shape index (κ2) is 6.73. The number of anilines is 2. The average molecular weight is 366 g/mol. The SMILES string of the molecule is COCCn1cnc2c(N3CC4CN(c5cnccn5)CC4C3)ncnc21. The molecule has 0 saturated carbocycles. The third kappa shape index (κ3) is 2.87. The Morgan fingerprint density at radius 3 is 2.56 bits per heavy atom. The van der Waals surface area contributed by atoms with Crippen LogP contribution in [0, 0.1) is 11.8 Å². The summed E-state index contributed by atoms with van der Waals surface area (Å²) in [4.78, 5) is 26.9. The Balaban J connectivity index is 1.34. The molecule has 0 radical (unpaired) electrons. The summed E-state index contributed by atoms with van der Waals surface area (Å²) >= 11 is 0. The molecule has 2 aliphatic rings. The van der Waals surface area contributed by atoms with Crippen molar-refractivity contribution >= 4 is 22.8 Å². The van der Waals surface area contributed by atoms with Crippen LogP contribution in [-0.4, -0.2) is 69.4 Å². The molecule has 2 atom stereocenters. The Morgan fingerprint density at radius 1 is 1.00 bits per heavy atom. The van der Waals surface area contributed by atoms with Gasteiger partial charge in [0.15, 0.2) is 17.0 Å². The van der Waals surface area contributed by atoms with Crippen molar-refractivity contribution in [2.45, 2.75) is 6.54 Å². The number of hydrogen-bond donors (Lipinski definition) is 0. The second-order valence-electron chi connectivity index (χ2n) is 7.19. The van der Waals surface area contributed by atoms with Gasteiger partial charge in [0.1, 0.15) is 12.1 Å². The van der Waals surface area contributed by atoms with Gasteiger partial charge in [-0.15, -0.1) is 0 Å². The monoisotopic (exact) mass is 366 g/mol. The van der Waals surface area contributed by atoms with Gasteiger partial charge >= 0.3 is 0 Å². The molecule has 2 aliphatic heterocycles. The van der Waals surface area contributed by atoms with E-state index in [-0.39, 0.29) is 0 Å². The van der Waals surface area contributed by atoms with Gasteiger partial charge in [-0.1, -0.05) is 0 Å². The zero-order chi connectivity index (χ0) is 18.2. The van der Waals surface area contributed by atoms with Gasteiger partial charge in [0.05, 0.1) is 19.1 Å². The quantitative estimate of drug-likeness (QED) is 0.657. The number of aromatic nitrogens is 6. The molecule has 5 heterocycles. The minimum Gasteiger partial charge on any atom is -0.383 e. The van der Waals surface area contributed by atoms with Crippen molar-refractivity contribution in [1.29, 1.82) is 0 Å². The fraction of sp³-hybridized carbons (Fsp3) is 0.500. The fourth-order valence-corrected chi connectivity index (χ4v) is 4.26. The largest absolute Gasteiger partial charge is 0.383 e. The first-order chi connectivity index (χ1) is 13.3. The van der Waals surface area contributed by atoms with Crippen molar-refractivity contribution in [2.24, 2.45) is 11.8 Å². The van der Waals surface area contributed by atoms with E-state index in [4.69, 9.17) is 4.74 Å². The van der Waals surface area contributed by atoms with Crippen LogP contribution in [0.3, 0.4) is 0 Å². The molecule has 9 heteroatoms. The molecular formula is C18H22N8O. The average Bonchev–Trinajstić information content (AvgIpc) is 3.40. The van der Waals surface area contributed by atoms with Gasteiger partial charge in [-0.25, -0.2) is 19.9 Å². The molecule has 0 spiro atoms. The molecular weight excluding hydrogens is 344 g/mol. The van der Waals surface area contributed by atoms with Crippen molar-refractivity contribution in [3.63, 3.8) is 0 Å². The van der Waals surface area contributed by atoms with Crippen molar-refractivity contribution in [3.05, 3.63) is 31.2 Å². The molecule has 27 heavy (non-hydrogen) atoms. The predicted molar refractivity (Wildman–Crippen MR) is 101 cm³/mol. The smallest absolute Gasteiger partial charge is 0.165 e. The Morgan fingerprint density at radius 2 is 1.81 bits per heavy atom. The van der Waals surface area contributed by atoms with E-state index in [1.165, 1.54) is 0 Å². The fourth-order valence-electron chi connectivity index (χ4n) is 4.26. The molecule has 0 bridgehead atoms. The molecule has 5 rings (SSSR count). The number of rotatable bonds is 5. The topological polar surface area (TPSA) is 85.1 Å². The van der Waals surface area contributed by atoms with Crippen LogP contribution in [0.15, 0.2) is 31.2 Å². The number of ether oxygens (including phenoxy) is 1. The van der Waals surface area contributed by atoms with E-state index < -0.39 is 0 Å². The highest BCUT2D eigenvalue weighted by molar-refractivity contribution is 5.83. The van der Waals surface area contributed by atoms with E-state index in [2.05, 4.69) is 34.7 Å². The van der Waals surface area contributed by atoms with E-state index >= 15 is 0 Å². The Labute approximate surface area is 157 Å². The van der Waals surface area contributed by atoms with Gasteiger partial charge in [-0.3, -0.25) is 4.98 Å². The maximum atomic E-state index is 5.17. The predicted octanol–water partition coefficient (Wildman–Crippen LogP) is 0.835. The maximum Gasteiger partial charge on any atom is 0.165 e. The van der Waals surface area contributed by atoms with Crippen LogP contribution in [0.4, 0.5) is 11.6 Å². The number of methoxy groups -OCH3 is 1. The van der Waals surface area contributed by atoms with E-state index in [1.807, 2.05) is 17.1 Å². The number of nitrogens with zero attached hydrogens (tertiary/aromatic N) is 8. The Kier molecular flexibility index (Phi) is 4.08. The van der Waals surface area contributed by atoms with Crippen molar-refractivity contribution in [2.75, 3.05) is 49.7 Å². The second-order valence-corrected chi connectivity index (χ2v) is 7.19. The Hall–Kier alpha value is -2.81. The van der Waals surface area contributed by atoms with Gasteiger partial charge in [0.25, 0.3) is 0 Å². The summed E-state index contributed by atoms with van der Waals surface area (Å²) in [5.41, 5.74) is 1.75. The van der Waals surface area contributed by atoms with E-state index in [9.17, 15) is 0 Å².